The molecule has 0 radical (unpaired) electrons. The molecule has 0 saturated heterocycles. The monoisotopic (exact) mass is 345 g/mol. The van der Waals surface area contributed by atoms with Crippen LogP contribution in [0.3, 0.4) is 0 Å². The third-order valence-corrected chi connectivity index (χ3v) is 4.23. The lowest BCUT2D eigenvalue weighted by molar-refractivity contribution is -0.115. The highest BCUT2D eigenvalue weighted by Gasteiger charge is 2.06. The Balaban J connectivity index is 1.48. The number of amides is 1. The number of rotatable bonds is 7. The van der Waals surface area contributed by atoms with Gasteiger partial charge in [0.15, 0.2) is 0 Å². The molecule has 3 aromatic rings. The van der Waals surface area contributed by atoms with Crippen LogP contribution < -0.4 is 10.6 Å². The predicted molar refractivity (Wildman–Crippen MR) is 106 cm³/mol. The zero-order valence-electron chi connectivity index (χ0n) is 14.9. The summed E-state index contributed by atoms with van der Waals surface area (Å²) in [5.41, 5.74) is 4.39. The van der Waals surface area contributed by atoms with Gasteiger partial charge in [-0.05, 0) is 42.2 Å². The van der Waals surface area contributed by atoms with Crippen LogP contribution in [0.2, 0.25) is 0 Å². The highest BCUT2D eigenvalue weighted by atomic mass is 16.1. The molecule has 0 aliphatic carbocycles. The normalized spacial score (nSPS) is 10.3. The van der Waals surface area contributed by atoms with Crippen LogP contribution in [0.4, 0.5) is 11.5 Å². The Hall–Kier alpha value is -3.14. The molecule has 3 rings (SSSR count). The third-order valence-electron chi connectivity index (χ3n) is 4.23. The van der Waals surface area contributed by atoms with Gasteiger partial charge in [-0.3, -0.25) is 4.79 Å². The number of benzene rings is 2. The Morgan fingerprint density at radius 3 is 2.46 bits per heavy atom. The molecule has 132 valence electrons. The van der Waals surface area contributed by atoms with Crippen molar-refractivity contribution in [1.29, 1.82) is 0 Å². The first-order chi connectivity index (χ1) is 12.7. The van der Waals surface area contributed by atoms with Crippen molar-refractivity contribution in [3.8, 4) is 0 Å². The minimum atomic E-state index is -0.0587. The molecular formula is C22H23N3O. The summed E-state index contributed by atoms with van der Waals surface area (Å²) in [7, 11) is 0. The number of nitrogens with one attached hydrogen (secondary N) is 2. The Morgan fingerprint density at radius 1 is 0.962 bits per heavy atom. The lowest BCUT2D eigenvalue weighted by Gasteiger charge is -2.09. The number of aryl methyl sites for hydroxylation is 1. The van der Waals surface area contributed by atoms with Crippen LogP contribution in [0.5, 0.6) is 0 Å². The molecule has 0 aliphatic heterocycles. The molecule has 2 N–H and O–H groups in total. The Labute approximate surface area is 154 Å². The summed E-state index contributed by atoms with van der Waals surface area (Å²) in [4.78, 5) is 16.5. The maximum absolute atomic E-state index is 12.2. The van der Waals surface area contributed by atoms with Crippen molar-refractivity contribution in [3.05, 3.63) is 89.6 Å². The molecule has 1 heterocycles. The molecule has 1 amide bonds. The smallest absolute Gasteiger partial charge is 0.229 e. The van der Waals surface area contributed by atoms with Gasteiger partial charge in [-0.25, -0.2) is 4.98 Å². The first-order valence-corrected chi connectivity index (χ1v) is 8.79. The number of carbonyl (C=O) groups excluding carboxylic acids is 1. The predicted octanol–water partition coefficient (Wildman–Crippen LogP) is 4.23. The average Bonchev–Trinajstić information content (AvgIpc) is 2.66. The minimum absolute atomic E-state index is 0.0587. The molecule has 0 unspecified atom stereocenters. The lowest BCUT2D eigenvalue weighted by Crippen LogP contribution is -2.16. The van der Waals surface area contributed by atoms with Gasteiger partial charge in [0.1, 0.15) is 5.82 Å². The molecule has 0 bridgehead atoms. The standard InChI is InChI=1S/C22H23N3O/c1-17-7-5-6-10-19(17)15-22(26)25-21-12-11-20(16-24-21)23-14-13-18-8-3-2-4-9-18/h2-12,16,23H,13-15H2,1H3,(H,24,25,26). The maximum Gasteiger partial charge on any atom is 0.229 e. The van der Waals surface area contributed by atoms with Crippen molar-refractivity contribution < 1.29 is 4.79 Å². The van der Waals surface area contributed by atoms with E-state index in [1.807, 2.05) is 61.5 Å². The van der Waals surface area contributed by atoms with Crippen LogP contribution in [-0.4, -0.2) is 17.4 Å². The first-order valence-electron chi connectivity index (χ1n) is 8.79. The van der Waals surface area contributed by atoms with Crippen molar-refractivity contribution in [2.24, 2.45) is 0 Å². The molecular weight excluding hydrogens is 322 g/mol. The second kappa shape index (κ2) is 8.81. The summed E-state index contributed by atoms with van der Waals surface area (Å²) in [5, 5.41) is 6.19. The third kappa shape index (κ3) is 5.18. The molecule has 0 saturated carbocycles. The van der Waals surface area contributed by atoms with Gasteiger partial charge in [0.25, 0.3) is 0 Å². The zero-order chi connectivity index (χ0) is 18.2. The summed E-state index contributed by atoms with van der Waals surface area (Å²) in [6.45, 7) is 2.85. The summed E-state index contributed by atoms with van der Waals surface area (Å²) >= 11 is 0. The Kier molecular flexibility index (Phi) is 5.99. The van der Waals surface area contributed by atoms with Crippen molar-refractivity contribution in [1.82, 2.24) is 4.98 Å². The van der Waals surface area contributed by atoms with E-state index in [0.717, 1.165) is 29.8 Å². The number of carbonyl (C=O) groups is 1. The fourth-order valence-electron chi connectivity index (χ4n) is 2.74. The van der Waals surface area contributed by atoms with E-state index in [-0.39, 0.29) is 5.91 Å². The van der Waals surface area contributed by atoms with Gasteiger partial charge in [0, 0.05) is 6.54 Å². The molecule has 0 atom stereocenters. The Bertz CT molecular complexity index is 845. The largest absolute Gasteiger partial charge is 0.383 e. The molecule has 0 aliphatic rings. The van der Waals surface area contributed by atoms with Gasteiger partial charge >= 0.3 is 0 Å². The number of hydrogen-bond acceptors (Lipinski definition) is 3. The van der Waals surface area contributed by atoms with Crippen molar-refractivity contribution in [2.75, 3.05) is 17.2 Å². The van der Waals surface area contributed by atoms with Gasteiger partial charge in [0.05, 0.1) is 18.3 Å². The van der Waals surface area contributed by atoms with E-state index in [0.29, 0.717) is 12.2 Å². The number of nitrogens with zero attached hydrogens (tertiary/aromatic N) is 1. The van der Waals surface area contributed by atoms with E-state index in [2.05, 4.69) is 27.8 Å². The number of pyridine rings is 1. The van der Waals surface area contributed by atoms with Crippen molar-refractivity contribution in [3.63, 3.8) is 0 Å². The van der Waals surface area contributed by atoms with Crippen molar-refractivity contribution in [2.45, 2.75) is 19.8 Å². The van der Waals surface area contributed by atoms with E-state index in [4.69, 9.17) is 0 Å². The van der Waals surface area contributed by atoms with E-state index in [9.17, 15) is 4.79 Å². The maximum atomic E-state index is 12.2. The summed E-state index contributed by atoms with van der Waals surface area (Å²) in [6.07, 6.45) is 3.05. The summed E-state index contributed by atoms with van der Waals surface area (Å²) < 4.78 is 0. The number of anilines is 2. The molecule has 0 spiro atoms. The molecule has 2 aromatic carbocycles. The van der Waals surface area contributed by atoms with Crippen LogP contribution in [0.25, 0.3) is 0 Å². The van der Waals surface area contributed by atoms with Gasteiger partial charge in [-0.15, -0.1) is 0 Å². The summed E-state index contributed by atoms with van der Waals surface area (Å²) in [6, 6.07) is 22.0. The van der Waals surface area contributed by atoms with E-state index in [1.165, 1.54) is 5.56 Å². The number of hydrogen-bond donors (Lipinski definition) is 2. The number of aromatic nitrogens is 1. The van der Waals surface area contributed by atoms with Crippen LogP contribution in [-0.2, 0) is 17.6 Å². The van der Waals surface area contributed by atoms with Crippen LogP contribution in [0.15, 0.2) is 72.9 Å². The van der Waals surface area contributed by atoms with E-state index >= 15 is 0 Å². The van der Waals surface area contributed by atoms with Gasteiger partial charge < -0.3 is 10.6 Å². The average molecular weight is 345 g/mol. The summed E-state index contributed by atoms with van der Waals surface area (Å²) in [5.74, 6) is 0.508. The lowest BCUT2D eigenvalue weighted by atomic mass is 10.1. The van der Waals surface area contributed by atoms with Crippen molar-refractivity contribution >= 4 is 17.4 Å². The molecule has 0 fully saturated rings. The van der Waals surface area contributed by atoms with Gasteiger partial charge in [-0.1, -0.05) is 54.6 Å². The molecule has 26 heavy (non-hydrogen) atoms. The Morgan fingerprint density at radius 2 is 1.73 bits per heavy atom. The minimum Gasteiger partial charge on any atom is -0.383 e. The second-order valence-electron chi connectivity index (χ2n) is 6.25. The quantitative estimate of drug-likeness (QED) is 0.674. The molecule has 4 nitrogen and oxygen atoms in total. The van der Waals surface area contributed by atoms with Crippen LogP contribution >= 0.6 is 0 Å². The second-order valence-corrected chi connectivity index (χ2v) is 6.25. The van der Waals surface area contributed by atoms with E-state index in [1.54, 1.807) is 6.20 Å². The van der Waals surface area contributed by atoms with E-state index < -0.39 is 0 Å². The zero-order valence-corrected chi connectivity index (χ0v) is 14.9. The topological polar surface area (TPSA) is 54.0 Å². The first kappa shape index (κ1) is 17.7. The van der Waals surface area contributed by atoms with Gasteiger partial charge in [0.2, 0.25) is 5.91 Å². The molecule has 4 heteroatoms. The fourth-order valence-corrected chi connectivity index (χ4v) is 2.74. The van der Waals surface area contributed by atoms with Crippen LogP contribution in [0, 0.1) is 6.92 Å². The van der Waals surface area contributed by atoms with Gasteiger partial charge in [-0.2, -0.15) is 0 Å². The molecule has 1 aromatic heterocycles. The SMILES string of the molecule is Cc1ccccc1CC(=O)Nc1ccc(NCCc2ccccc2)cn1. The highest BCUT2D eigenvalue weighted by Crippen LogP contribution is 2.12. The highest BCUT2D eigenvalue weighted by molar-refractivity contribution is 5.91. The fraction of sp³-hybridized carbons (Fsp3) is 0.182. The van der Waals surface area contributed by atoms with Crippen LogP contribution in [0.1, 0.15) is 16.7 Å².